The van der Waals surface area contributed by atoms with Gasteiger partial charge in [0.15, 0.2) is 0 Å². The van der Waals surface area contributed by atoms with E-state index in [1.54, 1.807) is 0 Å². The van der Waals surface area contributed by atoms with E-state index in [4.69, 9.17) is 0 Å². The van der Waals surface area contributed by atoms with Gasteiger partial charge in [-0.1, -0.05) is 13.8 Å². The Morgan fingerprint density at radius 3 is 2.67 bits per heavy atom. The van der Waals surface area contributed by atoms with E-state index in [9.17, 15) is 4.79 Å². The number of fused-ring (bicyclic) bond motifs is 1. The van der Waals surface area contributed by atoms with Crippen molar-refractivity contribution in [2.45, 2.75) is 46.6 Å². The average Bonchev–Trinajstić information content (AvgIpc) is 2.66. The molecule has 1 aliphatic heterocycles. The number of carbonyl (C=O) groups excluding carboxylic acids is 1. The summed E-state index contributed by atoms with van der Waals surface area (Å²) in [5.74, 6) is 0.491. The first-order valence-electron chi connectivity index (χ1n) is 6.88. The van der Waals surface area contributed by atoms with Crippen LogP contribution in [0.2, 0.25) is 0 Å². The second kappa shape index (κ2) is 5.12. The molecular weight excluding hydrogens is 226 g/mol. The Morgan fingerprint density at radius 1 is 1.39 bits per heavy atom. The standard InChI is InChI=1S/C14H23N3O/c1-5-11(6-2)14(18)17-8-7-12-10(3)15-16(4)13(12)9-17/h11H,5-9H2,1-4H3. The Morgan fingerprint density at radius 2 is 2.06 bits per heavy atom. The Bertz CT molecular complexity index is 446. The number of amides is 1. The normalized spacial score (nSPS) is 15.1. The van der Waals surface area contributed by atoms with Crippen LogP contribution in [0, 0.1) is 12.8 Å². The lowest BCUT2D eigenvalue weighted by Gasteiger charge is -2.30. The Hall–Kier alpha value is -1.32. The molecule has 0 fully saturated rings. The Labute approximate surface area is 109 Å². The third-order valence-corrected chi connectivity index (χ3v) is 4.09. The molecular formula is C14H23N3O. The van der Waals surface area contributed by atoms with Crippen molar-refractivity contribution in [1.82, 2.24) is 14.7 Å². The van der Waals surface area contributed by atoms with Gasteiger partial charge >= 0.3 is 0 Å². The Balaban J connectivity index is 2.17. The smallest absolute Gasteiger partial charge is 0.226 e. The van der Waals surface area contributed by atoms with E-state index in [0.29, 0.717) is 5.91 Å². The van der Waals surface area contributed by atoms with Crippen LogP contribution in [0.1, 0.15) is 43.6 Å². The molecule has 0 unspecified atom stereocenters. The first kappa shape index (κ1) is 13.1. The van der Waals surface area contributed by atoms with Crippen LogP contribution in [0.15, 0.2) is 0 Å². The highest BCUT2D eigenvalue weighted by Crippen LogP contribution is 2.23. The van der Waals surface area contributed by atoms with Gasteiger partial charge in [-0.2, -0.15) is 5.10 Å². The lowest BCUT2D eigenvalue weighted by molar-refractivity contribution is -0.136. The van der Waals surface area contributed by atoms with Crippen LogP contribution in [0.3, 0.4) is 0 Å². The van der Waals surface area contributed by atoms with Gasteiger partial charge in [-0.3, -0.25) is 9.48 Å². The SMILES string of the molecule is CCC(CC)C(=O)N1CCc2c(C)nn(C)c2C1. The van der Waals surface area contributed by atoms with Crippen molar-refractivity contribution in [2.24, 2.45) is 13.0 Å². The molecule has 1 aromatic heterocycles. The van der Waals surface area contributed by atoms with E-state index in [0.717, 1.165) is 38.0 Å². The number of carbonyl (C=O) groups is 1. The summed E-state index contributed by atoms with van der Waals surface area (Å²) >= 11 is 0. The molecule has 18 heavy (non-hydrogen) atoms. The van der Waals surface area contributed by atoms with Crippen molar-refractivity contribution in [3.05, 3.63) is 17.0 Å². The summed E-state index contributed by atoms with van der Waals surface area (Å²) in [4.78, 5) is 14.4. The molecule has 0 aromatic carbocycles. The maximum absolute atomic E-state index is 12.4. The Kier molecular flexibility index (Phi) is 3.73. The van der Waals surface area contributed by atoms with Gasteiger partial charge in [0.2, 0.25) is 5.91 Å². The number of rotatable bonds is 3. The monoisotopic (exact) mass is 249 g/mol. The van der Waals surface area contributed by atoms with Gasteiger partial charge in [0.1, 0.15) is 0 Å². The molecule has 1 amide bonds. The molecule has 4 heteroatoms. The fourth-order valence-corrected chi connectivity index (χ4v) is 2.86. The summed E-state index contributed by atoms with van der Waals surface area (Å²) in [6, 6.07) is 0. The van der Waals surface area contributed by atoms with E-state index in [1.165, 1.54) is 11.3 Å². The average molecular weight is 249 g/mol. The fraction of sp³-hybridized carbons (Fsp3) is 0.714. The summed E-state index contributed by atoms with van der Waals surface area (Å²) in [6.45, 7) is 7.80. The highest BCUT2D eigenvalue weighted by Gasteiger charge is 2.28. The molecule has 0 saturated heterocycles. The topological polar surface area (TPSA) is 38.1 Å². The molecule has 0 aliphatic carbocycles. The third kappa shape index (κ3) is 2.16. The summed E-state index contributed by atoms with van der Waals surface area (Å²) in [5.41, 5.74) is 3.66. The zero-order valence-corrected chi connectivity index (χ0v) is 11.9. The maximum atomic E-state index is 12.4. The highest BCUT2D eigenvalue weighted by molar-refractivity contribution is 5.79. The number of aryl methyl sites for hydroxylation is 2. The van der Waals surface area contributed by atoms with Gasteiger partial charge in [0.05, 0.1) is 17.9 Å². The predicted molar refractivity (Wildman–Crippen MR) is 71.1 cm³/mol. The van der Waals surface area contributed by atoms with Crippen molar-refractivity contribution in [3.63, 3.8) is 0 Å². The molecule has 0 spiro atoms. The van der Waals surface area contributed by atoms with Crippen LogP contribution in [0.25, 0.3) is 0 Å². The second-order valence-corrected chi connectivity index (χ2v) is 5.16. The summed E-state index contributed by atoms with van der Waals surface area (Å²) in [5, 5.41) is 4.45. The van der Waals surface area contributed by atoms with Crippen molar-refractivity contribution >= 4 is 5.91 Å². The van der Waals surface area contributed by atoms with Crippen LogP contribution in [-0.4, -0.2) is 27.1 Å². The van der Waals surface area contributed by atoms with Crippen molar-refractivity contribution in [3.8, 4) is 0 Å². The van der Waals surface area contributed by atoms with Crippen LogP contribution in [0.4, 0.5) is 0 Å². The van der Waals surface area contributed by atoms with E-state index in [1.807, 2.05) is 16.6 Å². The van der Waals surface area contributed by atoms with Crippen LogP contribution in [0.5, 0.6) is 0 Å². The highest BCUT2D eigenvalue weighted by atomic mass is 16.2. The molecule has 4 nitrogen and oxygen atoms in total. The molecule has 0 radical (unpaired) electrons. The molecule has 0 atom stereocenters. The second-order valence-electron chi connectivity index (χ2n) is 5.16. The van der Waals surface area contributed by atoms with Crippen molar-refractivity contribution in [2.75, 3.05) is 6.54 Å². The quantitative estimate of drug-likeness (QED) is 0.822. The van der Waals surface area contributed by atoms with Gasteiger partial charge in [-0.15, -0.1) is 0 Å². The summed E-state index contributed by atoms with van der Waals surface area (Å²) < 4.78 is 1.93. The first-order valence-corrected chi connectivity index (χ1v) is 6.88. The lowest BCUT2D eigenvalue weighted by atomic mass is 9.99. The van der Waals surface area contributed by atoms with E-state index in [-0.39, 0.29) is 5.92 Å². The molecule has 100 valence electrons. The molecule has 0 N–H and O–H groups in total. The van der Waals surface area contributed by atoms with Crippen molar-refractivity contribution in [1.29, 1.82) is 0 Å². The third-order valence-electron chi connectivity index (χ3n) is 4.09. The molecule has 1 aromatic rings. The molecule has 2 heterocycles. The van der Waals surface area contributed by atoms with Gasteiger partial charge in [0, 0.05) is 19.5 Å². The molecule has 2 rings (SSSR count). The van der Waals surface area contributed by atoms with Gasteiger partial charge in [-0.05, 0) is 31.7 Å². The largest absolute Gasteiger partial charge is 0.336 e. The van der Waals surface area contributed by atoms with Crippen LogP contribution >= 0.6 is 0 Å². The molecule has 0 saturated carbocycles. The van der Waals surface area contributed by atoms with Gasteiger partial charge in [-0.25, -0.2) is 0 Å². The maximum Gasteiger partial charge on any atom is 0.226 e. The molecule has 0 bridgehead atoms. The fourth-order valence-electron chi connectivity index (χ4n) is 2.86. The number of aromatic nitrogens is 2. The van der Waals surface area contributed by atoms with Crippen LogP contribution < -0.4 is 0 Å². The summed E-state index contributed by atoms with van der Waals surface area (Å²) in [6.07, 6.45) is 2.81. The zero-order chi connectivity index (χ0) is 13.3. The number of hydrogen-bond acceptors (Lipinski definition) is 2. The minimum atomic E-state index is 0.181. The van der Waals surface area contributed by atoms with E-state index in [2.05, 4.69) is 25.9 Å². The van der Waals surface area contributed by atoms with Crippen LogP contribution in [-0.2, 0) is 24.8 Å². The zero-order valence-electron chi connectivity index (χ0n) is 11.9. The predicted octanol–water partition coefficient (Wildman–Crippen LogP) is 2.05. The van der Waals surface area contributed by atoms with E-state index >= 15 is 0 Å². The van der Waals surface area contributed by atoms with Gasteiger partial charge < -0.3 is 4.90 Å². The first-order chi connectivity index (χ1) is 8.58. The molecule has 1 aliphatic rings. The minimum Gasteiger partial charge on any atom is -0.336 e. The van der Waals surface area contributed by atoms with E-state index < -0.39 is 0 Å². The number of hydrogen-bond donors (Lipinski definition) is 0. The minimum absolute atomic E-state index is 0.181. The summed E-state index contributed by atoms with van der Waals surface area (Å²) in [7, 11) is 1.97. The lowest BCUT2D eigenvalue weighted by Crippen LogP contribution is -2.40. The number of nitrogens with zero attached hydrogens (tertiary/aromatic N) is 3. The van der Waals surface area contributed by atoms with Gasteiger partial charge in [0.25, 0.3) is 0 Å². The van der Waals surface area contributed by atoms with Crippen molar-refractivity contribution < 1.29 is 4.79 Å².